The van der Waals surface area contributed by atoms with Gasteiger partial charge in [-0.3, -0.25) is 0 Å². The molecule has 0 bridgehead atoms. The van der Waals surface area contributed by atoms with E-state index in [1.165, 1.54) is 15.3 Å². The third kappa shape index (κ3) is 2.99. The lowest BCUT2D eigenvalue weighted by molar-refractivity contribution is 0.524. The third-order valence-electron chi connectivity index (χ3n) is 2.73. The Balaban J connectivity index is 2.24. The standard InChI is InChI=1S/C14H19NOS/c1-4-7-15-14(12-8-10(2)16-9-12)13-6-5-11(3)17-13/h5-6,8-9,14-15H,4,7H2,1-3H3. The SMILES string of the molecule is CCCNC(c1coc(C)c1)c1ccc(C)s1. The van der Waals surface area contributed by atoms with Crippen molar-refractivity contribution in [1.82, 2.24) is 5.32 Å². The zero-order valence-electron chi connectivity index (χ0n) is 10.6. The maximum Gasteiger partial charge on any atom is 0.101 e. The number of rotatable bonds is 5. The molecule has 0 saturated carbocycles. The smallest absolute Gasteiger partial charge is 0.101 e. The quantitative estimate of drug-likeness (QED) is 0.865. The molecule has 0 spiro atoms. The molecule has 1 unspecified atom stereocenters. The first-order chi connectivity index (χ1) is 8.20. The molecule has 0 aliphatic heterocycles. The van der Waals surface area contributed by atoms with E-state index in [4.69, 9.17) is 4.42 Å². The van der Waals surface area contributed by atoms with Gasteiger partial charge >= 0.3 is 0 Å². The van der Waals surface area contributed by atoms with Crippen LogP contribution in [0, 0.1) is 13.8 Å². The first kappa shape index (κ1) is 12.4. The van der Waals surface area contributed by atoms with Crippen molar-refractivity contribution in [3.63, 3.8) is 0 Å². The highest BCUT2D eigenvalue weighted by atomic mass is 32.1. The molecular formula is C14H19NOS. The van der Waals surface area contributed by atoms with Crippen molar-refractivity contribution in [2.75, 3.05) is 6.54 Å². The summed E-state index contributed by atoms with van der Waals surface area (Å²) in [7, 11) is 0. The molecule has 2 aromatic heterocycles. The summed E-state index contributed by atoms with van der Waals surface area (Å²) >= 11 is 1.85. The molecule has 92 valence electrons. The largest absolute Gasteiger partial charge is 0.469 e. The average Bonchev–Trinajstić information content (AvgIpc) is 2.89. The molecule has 0 fully saturated rings. The summed E-state index contributed by atoms with van der Waals surface area (Å²) < 4.78 is 5.42. The Hall–Kier alpha value is -1.06. The summed E-state index contributed by atoms with van der Waals surface area (Å²) in [4.78, 5) is 2.71. The Bertz CT molecular complexity index is 432. The molecule has 2 aromatic rings. The Morgan fingerprint density at radius 3 is 2.71 bits per heavy atom. The summed E-state index contributed by atoms with van der Waals surface area (Å²) in [5, 5.41) is 3.58. The maximum atomic E-state index is 5.42. The van der Waals surface area contributed by atoms with Crippen LogP contribution in [0.2, 0.25) is 0 Å². The highest BCUT2D eigenvalue weighted by Gasteiger charge is 2.16. The van der Waals surface area contributed by atoms with Gasteiger partial charge in [0.15, 0.2) is 0 Å². The van der Waals surface area contributed by atoms with Crippen LogP contribution in [-0.4, -0.2) is 6.54 Å². The minimum atomic E-state index is 0.270. The Morgan fingerprint density at radius 2 is 2.18 bits per heavy atom. The predicted molar refractivity (Wildman–Crippen MR) is 72.6 cm³/mol. The van der Waals surface area contributed by atoms with Crippen LogP contribution in [0.15, 0.2) is 28.9 Å². The van der Waals surface area contributed by atoms with Gasteiger partial charge in [-0.2, -0.15) is 0 Å². The zero-order chi connectivity index (χ0) is 12.3. The Labute approximate surface area is 107 Å². The van der Waals surface area contributed by atoms with Crippen LogP contribution in [0.5, 0.6) is 0 Å². The van der Waals surface area contributed by atoms with Crippen molar-refractivity contribution >= 4 is 11.3 Å². The molecule has 17 heavy (non-hydrogen) atoms. The maximum absolute atomic E-state index is 5.42. The monoisotopic (exact) mass is 249 g/mol. The van der Waals surface area contributed by atoms with Crippen LogP contribution >= 0.6 is 11.3 Å². The van der Waals surface area contributed by atoms with Gasteiger partial charge in [-0.25, -0.2) is 0 Å². The van der Waals surface area contributed by atoms with Gasteiger partial charge in [-0.15, -0.1) is 11.3 Å². The highest BCUT2D eigenvalue weighted by Crippen LogP contribution is 2.29. The van der Waals surface area contributed by atoms with Crippen LogP contribution in [0.1, 0.15) is 40.5 Å². The second kappa shape index (κ2) is 5.52. The molecule has 2 heterocycles. The molecule has 0 aromatic carbocycles. The van der Waals surface area contributed by atoms with Gasteiger partial charge in [0.05, 0.1) is 12.3 Å². The van der Waals surface area contributed by atoms with Crippen molar-refractivity contribution in [3.8, 4) is 0 Å². The summed E-state index contributed by atoms with van der Waals surface area (Å²) in [5.74, 6) is 0.969. The molecule has 2 rings (SSSR count). The Morgan fingerprint density at radius 1 is 1.35 bits per heavy atom. The zero-order valence-corrected chi connectivity index (χ0v) is 11.4. The number of aryl methyl sites for hydroxylation is 2. The fourth-order valence-corrected chi connectivity index (χ4v) is 2.88. The summed E-state index contributed by atoms with van der Waals surface area (Å²) in [6.07, 6.45) is 3.00. The van der Waals surface area contributed by atoms with E-state index in [1.807, 2.05) is 24.5 Å². The number of thiophene rings is 1. The van der Waals surface area contributed by atoms with Crippen LogP contribution in [0.4, 0.5) is 0 Å². The van der Waals surface area contributed by atoms with Crippen molar-refractivity contribution in [2.45, 2.75) is 33.2 Å². The molecule has 0 saturated heterocycles. The summed E-state index contributed by atoms with van der Waals surface area (Å²) in [6, 6.07) is 6.76. The molecule has 0 radical (unpaired) electrons. The fraction of sp³-hybridized carbons (Fsp3) is 0.429. The van der Waals surface area contributed by atoms with E-state index in [-0.39, 0.29) is 6.04 Å². The highest BCUT2D eigenvalue weighted by molar-refractivity contribution is 7.12. The van der Waals surface area contributed by atoms with Crippen molar-refractivity contribution in [1.29, 1.82) is 0 Å². The van der Waals surface area contributed by atoms with Gasteiger partial charge in [-0.05, 0) is 45.0 Å². The minimum absolute atomic E-state index is 0.270. The molecule has 0 amide bonds. The normalized spacial score (nSPS) is 12.9. The van der Waals surface area contributed by atoms with Gasteiger partial charge in [-0.1, -0.05) is 6.92 Å². The van der Waals surface area contributed by atoms with E-state index in [2.05, 4.69) is 37.4 Å². The van der Waals surface area contributed by atoms with Crippen LogP contribution < -0.4 is 5.32 Å². The summed E-state index contributed by atoms with van der Waals surface area (Å²) in [6.45, 7) is 7.34. The van der Waals surface area contributed by atoms with Gasteiger partial charge in [0.1, 0.15) is 5.76 Å². The van der Waals surface area contributed by atoms with E-state index < -0.39 is 0 Å². The lowest BCUT2D eigenvalue weighted by Gasteiger charge is -2.15. The van der Waals surface area contributed by atoms with E-state index in [9.17, 15) is 0 Å². The van der Waals surface area contributed by atoms with Crippen LogP contribution in [0.3, 0.4) is 0 Å². The van der Waals surface area contributed by atoms with E-state index >= 15 is 0 Å². The van der Waals surface area contributed by atoms with Gasteiger partial charge in [0.25, 0.3) is 0 Å². The molecule has 1 atom stereocenters. The number of furan rings is 1. The Kier molecular flexibility index (Phi) is 4.02. The topological polar surface area (TPSA) is 25.2 Å². The van der Waals surface area contributed by atoms with Crippen molar-refractivity contribution < 1.29 is 4.42 Å². The number of hydrogen-bond donors (Lipinski definition) is 1. The van der Waals surface area contributed by atoms with E-state index in [1.54, 1.807) is 0 Å². The van der Waals surface area contributed by atoms with Gasteiger partial charge in [0, 0.05) is 15.3 Å². The van der Waals surface area contributed by atoms with E-state index in [0.29, 0.717) is 0 Å². The molecule has 3 heteroatoms. The molecule has 2 nitrogen and oxygen atoms in total. The number of nitrogens with one attached hydrogen (secondary N) is 1. The molecular weight excluding hydrogens is 230 g/mol. The van der Waals surface area contributed by atoms with Gasteiger partial charge in [0.2, 0.25) is 0 Å². The van der Waals surface area contributed by atoms with Crippen LogP contribution in [0.25, 0.3) is 0 Å². The van der Waals surface area contributed by atoms with E-state index in [0.717, 1.165) is 18.7 Å². The van der Waals surface area contributed by atoms with Crippen molar-refractivity contribution in [3.05, 3.63) is 45.5 Å². The first-order valence-corrected chi connectivity index (χ1v) is 6.87. The molecule has 0 aliphatic rings. The van der Waals surface area contributed by atoms with Crippen LogP contribution in [-0.2, 0) is 0 Å². The average molecular weight is 249 g/mol. The second-order valence-electron chi connectivity index (χ2n) is 4.33. The lowest BCUT2D eigenvalue weighted by atomic mass is 10.1. The lowest BCUT2D eigenvalue weighted by Crippen LogP contribution is -2.21. The molecule has 1 N–H and O–H groups in total. The second-order valence-corrected chi connectivity index (χ2v) is 5.65. The fourth-order valence-electron chi connectivity index (χ4n) is 1.90. The predicted octanol–water partition coefficient (Wildman–Crippen LogP) is 4.05. The number of hydrogen-bond acceptors (Lipinski definition) is 3. The third-order valence-corrected chi connectivity index (χ3v) is 3.79. The minimum Gasteiger partial charge on any atom is -0.469 e. The summed E-state index contributed by atoms with van der Waals surface area (Å²) in [5.41, 5.74) is 1.22. The molecule has 0 aliphatic carbocycles. The van der Waals surface area contributed by atoms with Gasteiger partial charge < -0.3 is 9.73 Å². The first-order valence-electron chi connectivity index (χ1n) is 6.05. The van der Waals surface area contributed by atoms with Crippen molar-refractivity contribution in [2.24, 2.45) is 0 Å².